The van der Waals surface area contributed by atoms with Crippen molar-refractivity contribution in [3.8, 4) is 0 Å². The van der Waals surface area contributed by atoms with E-state index in [1.165, 1.54) is 11.1 Å². The zero-order chi connectivity index (χ0) is 17.1. The van der Waals surface area contributed by atoms with Crippen LogP contribution in [0, 0.1) is 12.8 Å². The number of piperidine rings is 1. The minimum absolute atomic E-state index is 0.0523. The Morgan fingerprint density at radius 2 is 2.00 bits per heavy atom. The maximum Gasteiger partial charge on any atom is 0.233 e. The van der Waals surface area contributed by atoms with Gasteiger partial charge < -0.3 is 10.6 Å². The van der Waals surface area contributed by atoms with E-state index in [1.807, 2.05) is 0 Å². The van der Waals surface area contributed by atoms with Crippen molar-refractivity contribution in [3.05, 3.63) is 35.4 Å². The van der Waals surface area contributed by atoms with Crippen LogP contribution < -0.4 is 10.6 Å². The van der Waals surface area contributed by atoms with Crippen LogP contribution in [0.25, 0.3) is 0 Å². The molecule has 5 nitrogen and oxygen atoms in total. The highest BCUT2D eigenvalue weighted by Gasteiger charge is 2.44. The van der Waals surface area contributed by atoms with E-state index in [4.69, 9.17) is 0 Å². The molecular formula is C19H27N3O2. The fourth-order valence-electron chi connectivity index (χ4n) is 3.58. The van der Waals surface area contributed by atoms with Crippen LogP contribution in [-0.2, 0) is 9.59 Å². The molecule has 0 aromatic heterocycles. The summed E-state index contributed by atoms with van der Waals surface area (Å²) in [6.07, 6.45) is 2.81. The molecule has 1 aromatic carbocycles. The molecule has 2 atom stereocenters. The number of aryl methyl sites for hydroxylation is 1. The quantitative estimate of drug-likeness (QED) is 0.859. The highest BCUT2D eigenvalue weighted by atomic mass is 16.2. The van der Waals surface area contributed by atoms with Crippen molar-refractivity contribution >= 4 is 11.8 Å². The number of benzene rings is 1. The van der Waals surface area contributed by atoms with Gasteiger partial charge >= 0.3 is 0 Å². The first-order valence-electron chi connectivity index (χ1n) is 8.86. The number of amides is 2. The highest BCUT2D eigenvalue weighted by molar-refractivity contribution is 5.83. The van der Waals surface area contributed by atoms with Gasteiger partial charge in [0.1, 0.15) is 0 Å². The van der Waals surface area contributed by atoms with Crippen LogP contribution in [0.2, 0.25) is 0 Å². The van der Waals surface area contributed by atoms with Gasteiger partial charge in [-0.1, -0.05) is 29.8 Å². The van der Waals surface area contributed by atoms with E-state index in [9.17, 15) is 9.59 Å². The lowest BCUT2D eigenvalue weighted by Crippen LogP contribution is -2.47. The second-order valence-corrected chi connectivity index (χ2v) is 7.10. The summed E-state index contributed by atoms with van der Waals surface area (Å²) in [6.45, 7) is 4.28. The van der Waals surface area contributed by atoms with E-state index in [1.54, 1.807) is 7.05 Å². The molecule has 0 bridgehead atoms. The van der Waals surface area contributed by atoms with E-state index >= 15 is 0 Å². The summed E-state index contributed by atoms with van der Waals surface area (Å²) in [5, 5.41) is 5.87. The van der Waals surface area contributed by atoms with Gasteiger partial charge in [-0.15, -0.1) is 0 Å². The van der Waals surface area contributed by atoms with Gasteiger partial charge in [-0.3, -0.25) is 14.5 Å². The average molecular weight is 329 g/mol. The van der Waals surface area contributed by atoms with Crippen molar-refractivity contribution in [2.45, 2.75) is 38.1 Å². The van der Waals surface area contributed by atoms with Crippen LogP contribution in [0.15, 0.2) is 24.3 Å². The van der Waals surface area contributed by atoms with Crippen LogP contribution in [0.5, 0.6) is 0 Å². The number of nitrogens with one attached hydrogen (secondary N) is 2. The Balaban J connectivity index is 1.43. The minimum Gasteiger partial charge on any atom is -0.358 e. The molecule has 1 saturated carbocycles. The number of hydrogen-bond acceptors (Lipinski definition) is 3. The molecule has 2 fully saturated rings. The summed E-state index contributed by atoms with van der Waals surface area (Å²) in [5.41, 5.74) is 2.54. The molecule has 2 aliphatic rings. The predicted octanol–water partition coefficient (Wildman–Crippen LogP) is 1.43. The number of carbonyl (C=O) groups is 2. The molecule has 0 spiro atoms. The Labute approximate surface area is 143 Å². The Hall–Kier alpha value is -1.88. The number of likely N-dealkylation sites (tertiary alicyclic amines) is 1. The Kier molecular flexibility index (Phi) is 5.19. The van der Waals surface area contributed by atoms with Crippen molar-refractivity contribution in [1.82, 2.24) is 15.5 Å². The first kappa shape index (κ1) is 17.0. The molecule has 1 heterocycles. The van der Waals surface area contributed by atoms with E-state index in [-0.39, 0.29) is 23.8 Å². The van der Waals surface area contributed by atoms with Crippen molar-refractivity contribution in [1.29, 1.82) is 0 Å². The fourth-order valence-corrected chi connectivity index (χ4v) is 3.58. The number of nitrogens with zero attached hydrogens (tertiary/aromatic N) is 1. The number of carbonyl (C=O) groups excluding carboxylic acids is 2. The van der Waals surface area contributed by atoms with Crippen LogP contribution in [-0.4, -0.2) is 49.4 Å². The van der Waals surface area contributed by atoms with Gasteiger partial charge in [0, 0.05) is 32.1 Å². The second-order valence-electron chi connectivity index (χ2n) is 7.10. The molecule has 1 aliphatic carbocycles. The molecule has 1 saturated heterocycles. The molecule has 24 heavy (non-hydrogen) atoms. The summed E-state index contributed by atoms with van der Waals surface area (Å²) >= 11 is 0. The van der Waals surface area contributed by atoms with Crippen molar-refractivity contribution in [2.24, 2.45) is 5.92 Å². The lowest BCUT2D eigenvalue weighted by Gasteiger charge is -2.31. The van der Waals surface area contributed by atoms with Crippen LogP contribution >= 0.6 is 0 Å². The topological polar surface area (TPSA) is 61.4 Å². The number of rotatable bonds is 5. The van der Waals surface area contributed by atoms with E-state index in [2.05, 4.69) is 46.7 Å². The van der Waals surface area contributed by atoms with E-state index in [0.29, 0.717) is 12.5 Å². The van der Waals surface area contributed by atoms with E-state index in [0.717, 1.165) is 32.4 Å². The summed E-state index contributed by atoms with van der Waals surface area (Å²) in [7, 11) is 1.66. The third-order valence-electron chi connectivity index (χ3n) is 5.18. The van der Waals surface area contributed by atoms with Crippen molar-refractivity contribution in [3.63, 3.8) is 0 Å². The fraction of sp³-hybridized carbons (Fsp3) is 0.579. The molecule has 3 rings (SSSR count). The van der Waals surface area contributed by atoms with Gasteiger partial charge in [-0.25, -0.2) is 0 Å². The second kappa shape index (κ2) is 7.34. The smallest absolute Gasteiger partial charge is 0.233 e. The summed E-state index contributed by atoms with van der Waals surface area (Å²) in [6, 6.07) is 8.72. The monoisotopic (exact) mass is 329 g/mol. The van der Waals surface area contributed by atoms with Gasteiger partial charge in [0.05, 0.1) is 6.54 Å². The molecule has 1 aliphatic heterocycles. The van der Waals surface area contributed by atoms with Gasteiger partial charge in [0.25, 0.3) is 0 Å². The molecule has 2 amide bonds. The molecule has 5 heteroatoms. The van der Waals surface area contributed by atoms with Gasteiger partial charge in [0.2, 0.25) is 11.8 Å². The molecule has 1 aromatic rings. The standard InChI is InChI=1S/C19H27N3O2/c1-13-4-3-5-14(10-13)16-11-17(16)19(24)21-15-6-8-22(9-7-15)12-18(23)20-2/h3-5,10,15-17H,6-9,11-12H2,1-2H3,(H,20,23)(H,21,24)/t16-,17-/m1/s1. The highest BCUT2D eigenvalue weighted by Crippen LogP contribution is 2.47. The molecule has 2 N–H and O–H groups in total. The third kappa shape index (κ3) is 4.15. The number of hydrogen-bond donors (Lipinski definition) is 2. The number of likely N-dealkylation sites (N-methyl/N-ethyl adjacent to an activating group) is 1. The SMILES string of the molecule is CNC(=O)CN1CCC(NC(=O)[C@@H]2C[C@@H]2c2cccc(C)c2)CC1. The van der Waals surface area contributed by atoms with Gasteiger partial charge in [-0.2, -0.15) is 0 Å². The zero-order valence-corrected chi connectivity index (χ0v) is 14.5. The summed E-state index contributed by atoms with van der Waals surface area (Å²) in [4.78, 5) is 26.0. The minimum atomic E-state index is 0.0523. The summed E-state index contributed by atoms with van der Waals surface area (Å²) < 4.78 is 0. The molecule has 0 radical (unpaired) electrons. The third-order valence-corrected chi connectivity index (χ3v) is 5.18. The molecule has 130 valence electrons. The maximum atomic E-state index is 12.5. The molecular weight excluding hydrogens is 302 g/mol. The lowest BCUT2D eigenvalue weighted by atomic mass is 10.0. The van der Waals surface area contributed by atoms with Crippen LogP contribution in [0.1, 0.15) is 36.3 Å². The summed E-state index contributed by atoms with van der Waals surface area (Å²) in [5.74, 6) is 0.775. The Morgan fingerprint density at radius 1 is 1.25 bits per heavy atom. The van der Waals surface area contributed by atoms with Gasteiger partial charge in [0.15, 0.2) is 0 Å². The largest absolute Gasteiger partial charge is 0.358 e. The van der Waals surface area contributed by atoms with Gasteiger partial charge in [-0.05, 0) is 37.7 Å². The van der Waals surface area contributed by atoms with E-state index < -0.39 is 0 Å². The van der Waals surface area contributed by atoms with Crippen LogP contribution in [0.4, 0.5) is 0 Å². The van der Waals surface area contributed by atoms with Crippen molar-refractivity contribution in [2.75, 3.05) is 26.7 Å². The molecule has 0 unspecified atom stereocenters. The first-order chi connectivity index (χ1) is 11.6. The first-order valence-corrected chi connectivity index (χ1v) is 8.86. The van der Waals surface area contributed by atoms with Crippen LogP contribution in [0.3, 0.4) is 0 Å². The normalized spacial score (nSPS) is 24.4. The Bertz CT molecular complexity index is 608. The lowest BCUT2D eigenvalue weighted by molar-refractivity contribution is -0.124. The maximum absolute atomic E-state index is 12.5. The zero-order valence-electron chi connectivity index (χ0n) is 14.5. The predicted molar refractivity (Wildman–Crippen MR) is 93.7 cm³/mol. The van der Waals surface area contributed by atoms with Crippen molar-refractivity contribution < 1.29 is 9.59 Å². The Morgan fingerprint density at radius 3 is 2.67 bits per heavy atom. The average Bonchev–Trinajstić information content (AvgIpc) is 3.37.